The summed E-state index contributed by atoms with van der Waals surface area (Å²) in [4.78, 5) is 9.24. The van der Waals surface area contributed by atoms with Gasteiger partial charge < -0.3 is 0 Å². The molecule has 0 unspecified atom stereocenters. The summed E-state index contributed by atoms with van der Waals surface area (Å²) in [5.41, 5.74) is -0.473. The predicted octanol–water partition coefficient (Wildman–Crippen LogP) is 2.48. The van der Waals surface area contributed by atoms with Crippen LogP contribution < -0.4 is 0 Å². The van der Waals surface area contributed by atoms with Gasteiger partial charge in [0.1, 0.15) is 0 Å². The van der Waals surface area contributed by atoms with E-state index in [-0.39, 0.29) is 10.6 Å². The Bertz CT molecular complexity index is 526. The maximum Gasteiger partial charge on any atom is 0.291 e. The molecule has 0 saturated heterocycles. The van der Waals surface area contributed by atoms with E-state index in [9.17, 15) is 18.5 Å². The lowest BCUT2D eigenvalue weighted by molar-refractivity contribution is -0.387. The van der Waals surface area contributed by atoms with Crippen LogP contribution in [0.2, 0.25) is 5.02 Å². The zero-order valence-electron chi connectivity index (χ0n) is 7.40. The number of aryl methyl sites for hydroxylation is 1. The monoisotopic (exact) mass is 269 g/mol. The van der Waals surface area contributed by atoms with Crippen molar-refractivity contribution in [1.29, 1.82) is 0 Å². The average molecular weight is 270 g/mol. The molecule has 0 aliphatic heterocycles. The topological polar surface area (TPSA) is 77.3 Å². The van der Waals surface area contributed by atoms with E-state index in [0.717, 1.165) is 6.07 Å². The highest BCUT2D eigenvalue weighted by molar-refractivity contribution is 8.13. The molecule has 82 valence electrons. The molecule has 5 nitrogen and oxygen atoms in total. The largest absolute Gasteiger partial charge is 0.291 e. The maximum absolute atomic E-state index is 11.1. The third-order valence-corrected chi connectivity index (χ3v) is 3.36. The Labute approximate surface area is 95.2 Å². The fourth-order valence-corrected chi connectivity index (χ4v) is 2.86. The molecular weight excluding hydrogens is 265 g/mol. The van der Waals surface area contributed by atoms with E-state index in [4.69, 9.17) is 22.3 Å². The van der Waals surface area contributed by atoms with E-state index in [2.05, 4.69) is 0 Å². The van der Waals surface area contributed by atoms with E-state index in [1.807, 2.05) is 0 Å². The average Bonchev–Trinajstić information content (AvgIpc) is 1.99. The molecule has 15 heavy (non-hydrogen) atoms. The Hall–Kier alpha value is -0.850. The summed E-state index contributed by atoms with van der Waals surface area (Å²) in [7, 11) is 0.936. The lowest BCUT2D eigenvalue weighted by Crippen LogP contribution is -2.01. The highest BCUT2D eigenvalue weighted by Crippen LogP contribution is 2.32. The van der Waals surface area contributed by atoms with Crippen molar-refractivity contribution < 1.29 is 13.3 Å². The zero-order valence-corrected chi connectivity index (χ0v) is 9.73. The second-order valence-electron chi connectivity index (χ2n) is 2.77. The van der Waals surface area contributed by atoms with Crippen LogP contribution in [0, 0.1) is 17.0 Å². The van der Waals surface area contributed by atoms with Gasteiger partial charge in [-0.15, -0.1) is 0 Å². The molecule has 0 N–H and O–H groups in total. The molecule has 0 saturated carbocycles. The highest BCUT2D eigenvalue weighted by Gasteiger charge is 2.26. The van der Waals surface area contributed by atoms with Crippen LogP contribution in [0.15, 0.2) is 17.0 Å². The predicted molar refractivity (Wildman–Crippen MR) is 55.9 cm³/mol. The first kappa shape index (κ1) is 12.2. The lowest BCUT2D eigenvalue weighted by Gasteiger charge is -2.03. The van der Waals surface area contributed by atoms with Gasteiger partial charge in [-0.3, -0.25) is 10.1 Å². The van der Waals surface area contributed by atoms with Gasteiger partial charge in [0.2, 0.25) is 0 Å². The number of rotatable bonds is 2. The minimum absolute atomic E-state index is 0.0864. The number of nitro groups is 1. The normalized spacial score (nSPS) is 11.4. The van der Waals surface area contributed by atoms with Crippen LogP contribution in [-0.4, -0.2) is 13.3 Å². The smallest absolute Gasteiger partial charge is 0.258 e. The van der Waals surface area contributed by atoms with Gasteiger partial charge >= 0.3 is 0 Å². The van der Waals surface area contributed by atoms with Crippen LogP contribution in [0.1, 0.15) is 5.56 Å². The number of nitro benzene ring substituents is 1. The Balaban J connectivity index is 3.70. The number of nitrogens with zero attached hydrogens (tertiary/aromatic N) is 1. The molecule has 0 fully saturated rings. The van der Waals surface area contributed by atoms with Crippen LogP contribution >= 0.6 is 22.3 Å². The molecule has 0 radical (unpaired) electrons. The minimum Gasteiger partial charge on any atom is -0.258 e. The highest BCUT2D eigenvalue weighted by atomic mass is 35.7. The summed E-state index contributed by atoms with van der Waals surface area (Å²) in [5, 5.41) is 10.7. The van der Waals surface area contributed by atoms with E-state index >= 15 is 0 Å². The van der Waals surface area contributed by atoms with Crippen molar-refractivity contribution in [1.82, 2.24) is 0 Å². The molecule has 1 aromatic rings. The van der Waals surface area contributed by atoms with Gasteiger partial charge in [0.05, 0.1) is 4.92 Å². The summed E-state index contributed by atoms with van der Waals surface area (Å²) < 4.78 is 22.2. The van der Waals surface area contributed by atoms with Crippen molar-refractivity contribution in [2.75, 3.05) is 0 Å². The van der Waals surface area contributed by atoms with E-state index < -0.39 is 24.6 Å². The van der Waals surface area contributed by atoms with E-state index in [1.54, 1.807) is 0 Å². The summed E-state index contributed by atoms with van der Waals surface area (Å²) in [6.07, 6.45) is 0. The van der Waals surface area contributed by atoms with Crippen LogP contribution in [-0.2, 0) is 9.05 Å². The van der Waals surface area contributed by atoms with Gasteiger partial charge in [0.15, 0.2) is 4.90 Å². The quantitative estimate of drug-likeness (QED) is 0.470. The fourth-order valence-electron chi connectivity index (χ4n) is 1.17. The molecule has 0 amide bonds. The van der Waals surface area contributed by atoms with Gasteiger partial charge in [-0.05, 0) is 18.6 Å². The number of benzene rings is 1. The van der Waals surface area contributed by atoms with Crippen LogP contribution in [0.5, 0.6) is 0 Å². The molecule has 0 aliphatic carbocycles. The van der Waals surface area contributed by atoms with E-state index in [1.165, 1.54) is 13.0 Å². The van der Waals surface area contributed by atoms with Crippen LogP contribution in [0.4, 0.5) is 5.69 Å². The van der Waals surface area contributed by atoms with Crippen molar-refractivity contribution in [3.63, 3.8) is 0 Å². The Morgan fingerprint density at radius 3 is 2.33 bits per heavy atom. The summed E-state index contributed by atoms with van der Waals surface area (Å²) >= 11 is 5.57. The number of halogens is 2. The molecule has 1 aromatic carbocycles. The van der Waals surface area contributed by atoms with Crippen LogP contribution in [0.25, 0.3) is 0 Å². The van der Waals surface area contributed by atoms with Crippen molar-refractivity contribution in [2.24, 2.45) is 0 Å². The molecule has 0 atom stereocenters. The number of hydrogen-bond acceptors (Lipinski definition) is 4. The third-order valence-electron chi connectivity index (χ3n) is 1.66. The van der Waals surface area contributed by atoms with Crippen molar-refractivity contribution >= 4 is 37.0 Å². The summed E-state index contributed by atoms with van der Waals surface area (Å²) in [6, 6.07) is 2.24. The third kappa shape index (κ3) is 2.58. The molecule has 0 aliphatic rings. The first-order valence-corrected chi connectivity index (χ1v) is 6.31. The Kier molecular flexibility index (Phi) is 3.22. The van der Waals surface area contributed by atoms with Crippen LogP contribution in [0.3, 0.4) is 0 Å². The summed E-state index contributed by atoms with van der Waals surface area (Å²) in [6.45, 7) is 1.38. The molecule has 0 bridgehead atoms. The molecule has 8 heteroatoms. The molecule has 0 heterocycles. The zero-order chi connectivity index (χ0) is 11.8. The summed E-state index contributed by atoms with van der Waals surface area (Å²) in [5.74, 6) is 0. The second kappa shape index (κ2) is 3.96. The minimum atomic E-state index is -4.15. The first-order chi connectivity index (χ1) is 6.73. The number of hydrogen-bond donors (Lipinski definition) is 0. The van der Waals surface area contributed by atoms with Crippen molar-refractivity contribution in [3.05, 3.63) is 32.8 Å². The Morgan fingerprint density at radius 2 is 1.93 bits per heavy atom. The molecule has 0 aromatic heterocycles. The van der Waals surface area contributed by atoms with Crippen molar-refractivity contribution in [2.45, 2.75) is 11.8 Å². The van der Waals surface area contributed by atoms with Gasteiger partial charge in [-0.2, -0.15) is 0 Å². The van der Waals surface area contributed by atoms with Gasteiger partial charge in [-0.25, -0.2) is 8.42 Å². The van der Waals surface area contributed by atoms with Gasteiger partial charge in [0, 0.05) is 21.8 Å². The Morgan fingerprint density at radius 1 is 1.40 bits per heavy atom. The molecular formula is C7H5Cl2NO4S. The second-order valence-corrected chi connectivity index (χ2v) is 5.71. The SMILES string of the molecule is Cc1cc(Cl)cc([N+](=O)[O-])c1S(=O)(=O)Cl. The maximum atomic E-state index is 11.1. The molecule has 1 rings (SSSR count). The van der Waals surface area contributed by atoms with E-state index in [0.29, 0.717) is 0 Å². The standard InChI is InChI=1S/C7H5Cl2NO4S/c1-4-2-5(8)3-6(10(11)12)7(4)15(9,13)14/h2-3H,1H3. The fraction of sp³-hybridized carbons (Fsp3) is 0.143. The van der Waals surface area contributed by atoms with Gasteiger partial charge in [0.25, 0.3) is 14.7 Å². The molecule has 0 spiro atoms. The lowest BCUT2D eigenvalue weighted by atomic mass is 10.2. The van der Waals surface area contributed by atoms with Gasteiger partial charge in [-0.1, -0.05) is 11.6 Å². The first-order valence-electron chi connectivity index (χ1n) is 3.62. The van der Waals surface area contributed by atoms with Crippen molar-refractivity contribution in [3.8, 4) is 0 Å².